The van der Waals surface area contributed by atoms with Crippen molar-refractivity contribution in [3.8, 4) is 0 Å². The van der Waals surface area contributed by atoms with Gasteiger partial charge in [-0.05, 0) is 12.1 Å². The van der Waals surface area contributed by atoms with Gasteiger partial charge in [0.15, 0.2) is 0 Å². The molecule has 1 N–H and O–H groups in total. The lowest BCUT2D eigenvalue weighted by molar-refractivity contribution is -0.148. The summed E-state index contributed by atoms with van der Waals surface area (Å²) >= 11 is 11.6. The predicted octanol–water partition coefficient (Wildman–Crippen LogP) is 2.57. The van der Waals surface area contributed by atoms with Crippen LogP contribution in [0.25, 0.3) is 0 Å². The molecular weight excluding hydrogens is 253 g/mol. The van der Waals surface area contributed by atoms with Crippen molar-refractivity contribution in [1.29, 1.82) is 0 Å². The molecule has 0 fully saturated rings. The highest BCUT2D eigenvalue weighted by atomic mass is 35.5. The summed E-state index contributed by atoms with van der Waals surface area (Å²) in [7, 11) is 0. The second kappa shape index (κ2) is 4.31. The Hall–Kier alpha value is -1.26. The minimum atomic E-state index is -1.03. The van der Waals surface area contributed by atoms with Crippen LogP contribution in [-0.2, 0) is 9.63 Å². The van der Waals surface area contributed by atoms with Crippen LogP contribution in [0.3, 0.4) is 0 Å². The van der Waals surface area contributed by atoms with E-state index in [9.17, 15) is 4.79 Å². The second-order valence-electron chi connectivity index (χ2n) is 3.30. The fourth-order valence-electron chi connectivity index (χ4n) is 1.36. The average Bonchev–Trinajstić information content (AvgIpc) is 2.71. The maximum Gasteiger partial charge on any atom is 0.348 e. The summed E-state index contributed by atoms with van der Waals surface area (Å²) in [6.45, 7) is 0. The fraction of sp³-hybridized carbons (Fsp3) is 0.200. The molecule has 2 rings (SSSR count). The summed E-state index contributed by atoms with van der Waals surface area (Å²) in [5.74, 6) is -1.03. The topological polar surface area (TPSA) is 58.9 Å². The van der Waals surface area contributed by atoms with Crippen LogP contribution in [0, 0.1) is 0 Å². The summed E-state index contributed by atoms with van der Waals surface area (Å²) in [5.41, 5.74) is 1.28. The number of aliphatic carboxylic acids is 1. The highest BCUT2D eigenvalue weighted by Gasteiger charge is 2.28. The van der Waals surface area contributed by atoms with E-state index in [1.54, 1.807) is 18.2 Å². The number of carbonyl (C=O) groups is 1. The van der Waals surface area contributed by atoms with Gasteiger partial charge in [-0.2, -0.15) is 0 Å². The molecule has 0 aliphatic carbocycles. The lowest BCUT2D eigenvalue weighted by Gasteiger charge is -2.01. The van der Waals surface area contributed by atoms with Gasteiger partial charge in [0.05, 0.1) is 15.8 Å². The zero-order valence-electron chi connectivity index (χ0n) is 7.98. The molecule has 1 aliphatic rings. The molecule has 0 saturated carbocycles. The van der Waals surface area contributed by atoms with Crippen LogP contribution in [0.2, 0.25) is 10.0 Å². The Morgan fingerprint density at radius 3 is 2.75 bits per heavy atom. The van der Waals surface area contributed by atoms with Crippen LogP contribution in [0.1, 0.15) is 12.0 Å². The molecule has 1 heterocycles. The van der Waals surface area contributed by atoms with Gasteiger partial charge in [-0.3, -0.25) is 0 Å². The van der Waals surface area contributed by atoms with Crippen molar-refractivity contribution < 1.29 is 14.7 Å². The third-order valence-electron chi connectivity index (χ3n) is 2.20. The highest BCUT2D eigenvalue weighted by Crippen LogP contribution is 2.25. The SMILES string of the molecule is O=C(O)[C@H]1CC(c2ccc(Cl)c(Cl)c2)=NO1. The van der Waals surface area contributed by atoms with Crippen LogP contribution in [-0.4, -0.2) is 22.9 Å². The molecular formula is C10H7Cl2NO3. The summed E-state index contributed by atoms with van der Waals surface area (Å²) in [5, 5.41) is 13.3. The number of hydrogen-bond acceptors (Lipinski definition) is 3. The molecule has 0 saturated heterocycles. The molecule has 0 aromatic heterocycles. The number of benzene rings is 1. The fourth-order valence-corrected chi connectivity index (χ4v) is 1.65. The van der Waals surface area contributed by atoms with Crippen LogP contribution in [0.4, 0.5) is 0 Å². The molecule has 1 aromatic rings. The van der Waals surface area contributed by atoms with Crippen LogP contribution in [0.5, 0.6) is 0 Å². The molecule has 84 valence electrons. The Morgan fingerprint density at radius 1 is 1.44 bits per heavy atom. The molecule has 0 unspecified atom stereocenters. The number of nitrogens with zero attached hydrogens (tertiary/aromatic N) is 1. The van der Waals surface area contributed by atoms with Crippen molar-refractivity contribution in [3.05, 3.63) is 33.8 Å². The molecule has 1 aliphatic heterocycles. The highest BCUT2D eigenvalue weighted by molar-refractivity contribution is 6.42. The third-order valence-corrected chi connectivity index (χ3v) is 2.94. The standard InChI is InChI=1S/C10H7Cl2NO3/c11-6-2-1-5(3-7(6)12)8-4-9(10(14)15)16-13-8/h1-3,9H,4H2,(H,14,15)/t9-/m1/s1. The lowest BCUT2D eigenvalue weighted by Crippen LogP contribution is -2.19. The minimum absolute atomic E-state index is 0.229. The first-order chi connectivity index (χ1) is 7.58. The van der Waals surface area contributed by atoms with Gasteiger partial charge in [-0.1, -0.05) is 34.4 Å². The monoisotopic (exact) mass is 259 g/mol. The Kier molecular flexibility index (Phi) is 3.03. The second-order valence-corrected chi connectivity index (χ2v) is 4.12. The zero-order valence-corrected chi connectivity index (χ0v) is 9.50. The number of carboxylic acids is 1. The van der Waals surface area contributed by atoms with E-state index in [-0.39, 0.29) is 6.42 Å². The first-order valence-corrected chi connectivity index (χ1v) is 5.24. The summed E-state index contributed by atoms with van der Waals surface area (Å²) < 4.78 is 0. The summed E-state index contributed by atoms with van der Waals surface area (Å²) in [6, 6.07) is 4.99. The minimum Gasteiger partial charge on any atom is -0.478 e. The van der Waals surface area contributed by atoms with Gasteiger partial charge >= 0.3 is 5.97 Å². The maximum atomic E-state index is 10.7. The molecule has 0 amide bonds. The van der Waals surface area contributed by atoms with Crippen molar-refractivity contribution in [2.24, 2.45) is 5.16 Å². The van der Waals surface area contributed by atoms with E-state index in [1.807, 2.05) is 0 Å². The normalized spacial score (nSPS) is 19.1. The van der Waals surface area contributed by atoms with E-state index in [1.165, 1.54) is 0 Å². The summed E-state index contributed by atoms with van der Waals surface area (Å²) in [6.07, 6.45) is -0.683. The van der Waals surface area contributed by atoms with Crippen LogP contribution >= 0.6 is 23.2 Å². The molecule has 4 nitrogen and oxygen atoms in total. The van der Waals surface area contributed by atoms with E-state index >= 15 is 0 Å². The molecule has 1 aromatic carbocycles. The van der Waals surface area contributed by atoms with Crippen LogP contribution in [0.15, 0.2) is 23.4 Å². The number of carboxylic acid groups (broad SMARTS) is 1. The molecule has 0 radical (unpaired) electrons. The van der Waals surface area contributed by atoms with Crippen LogP contribution < -0.4 is 0 Å². The predicted molar refractivity (Wildman–Crippen MR) is 60.1 cm³/mol. The zero-order chi connectivity index (χ0) is 11.7. The van der Waals surface area contributed by atoms with E-state index in [0.717, 1.165) is 5.56 Å². The van der Waals surface area contributed by atoms with E-state index in [4.69, 9.17) is 33.1 Å². The number of hydrogen-bond donors (Lipinski definition) is 1. The van der Waals surface area contributed by atoms with Crippen molar-refractivity contribution in [1.82, 2.24) is 0 Å². The van der Waals surface area contributed by atoms with Crippen molar-refractivity contribution in [2.75, 3.05) is 0 Å². The van der Waals surface area contributed by atoms with E-state index < -0.39 is 12.1 Å². The van der Waals surface area contributed by atoms with Gasteiger partial charge in [0.2, 0.25) is 6.10 Å². The van der Waals surface area contributed by atoms with Gasteiger partial charge in [0.1, 0.15) is 0 Å². The Balaban J connectivity index is 2.21. The Labute approximate surface area is 101 Å². The molecule has 1 atom stereocenters. The molecule has 16 heavy (non-hydrogen) atoms. The molecule has 0 spiro atoms. The smallest absolute Gasteiger partial charge is 0.348 e. The molecule has 0 bridgehead atoms. The first-order valence-electron chi connectivity index (χ1n) is 4.49. The van der Waals surface area contributed by atoms with Gasteiger partial charge in [0, 0.05) is 12.0 Å². The van der Waals surface area contributed by atoms with Crippen molar-refractivity contribution >= 4 is 34.9 Å². The van der Waals surface area contributed by atoms with Crippen molar-refractivity contribution in [3.63, 3.8) is 0 Å². The van der Waals surface area contributed by atoms with Gasteiger partial charge in [-0.25, -0.2) is 4.79 Å². The Bertz CT molecular complexity index is 473. The quantitative estimate of drug-likeness (QED) is 0.888. The average molecular weight is 260 g/mol. The summed E-state index contributed by atoms with van der Waals surface area (Å²) in [4.78, 5) is 15.4. The van der Waals surface area contributed by atoms with E-state index in [2.05, 4.69) is 5.16 Å². The van der Waals surface area contributed by atoms with E-state index in [0.29, 0.717) is 15.8 Å². The van der Waals surface area contributed by atoms with Gasteiger partial charge in [0.25, 0.3) is 0 Å². The van der Waals surface area contributed by atoms with Gasteiger partial charge < -0.3 is 9.94 Å². The molecule has 6 heteroatoms. The number of halogens is 2. The largest absolute Gasteiger partial charge is 0.478 e. The number of rotatable bonds is 2. The van der Waals surface area contributed by atoms with Gasteiger partial charge in [-0.15, -0.1) is 0 Å². The maximum absolute atomic E-state index is 10.7. The lowest BCUT2D eigenvalue weighted by atomic mass is 10.1. The first kappa shape index (κ1) is 11.2. The number of oxime groups is 1. The Morgan fingerprint density at radius 2 is 2.19 bits per heavy atom. The van der Waals surface area contributed by atoms with Crippen molar-refractivity contribution in [2.45, 2.75) is 12.5 Å². The third kappa shape index (κ3) is 2.13.